The van der Waals surface area contributed by atoms with Gasteiger partial charge in [0.2, 0.25) is 5.95 Å². The molecule has 0 aromatic carbocycles. The summed E-state index contributed by atoms with van der Waals surface area (Å²) in [4.78, 5) is 44.6. The van der Waals surface area contributed by atoms with Crippen molar-refractivity contribution in [2.75, 3.05) is 12.3 Å². The Kier molecular flexibility index (Phi) is 5.74. The molecule has 0 aliphatic carbocycles. The summed E-state index contributed by atoms with van der Waals surface area (Å²) >= 11 is 1.52. The molecule has 3 atom stereocenters. The minimum atomic E-state index is -0.961. The molecular weight excluding hydrogens is 426 g/mol. The van der Waals surface area contributed by atoms with E-state index in [2.05, 4.69) is 9.97 Å². The van der Waals surface area contributed by atoms with Crippen molar-refractivity contribution < 1.29 is 23.8 Å². The summed E-state index contributed by atoms with van der Waals surface area (Å²) in [6, 6.07) is 1.92. The Bertz CT molecular complexity index is 1170. The van der Waals surface area contributed by atoms with Gasteiger partial charge in [0, 0.05) is 20.3 Å². The Morgan fingerprint density at radius 1 is 1.35 bits per heavy atom. The number of esters is 2. The van der Waals surface area contributed by atoms with Crippen LogP contribution < -0.4 is 11.4 Å². The van der Waals surface area contributed by atoms with Gasteiger partial charge in [-0.15, -0.1) is 0 Å². The van der Waals surface area contributed by atoms with E-state index in [1.54, 1.807) is 0 Å². The van der Waals surface area contributed by atoms with Crippen LogP contribution in [-0.2, 0) is 30.3 Å². The molecule has 164 valence electrons. The van der Waals surface area contributed by atoms with Gasteiger partial charge in [0.05, 0.1) is 18.8 Å². The van der Waals surface area contributed by atoms with Crippen molar-refractivity contribution >= 4 is 40.4 Å². The molecule has 12 heteroatoms. The number of imidazole rings is 1. The number of anilines is 1. The molecule has 1 saturated heterocycles. The molecule has 0 amide bonds. The third-order valence-electron chi connectivity index (χ3n) is 4.83. The molecule has 1 fully saturated rings. The van der Waals surface area contributed by atoms with Crippen molar-refractivity contribution in [2.24, 2.45) is 0 Å². The highest BCUT2D eigenvalue weighted by molar-refractivity contribution is 7.07. The highest BCUT2D eigenvalue weighted by Gasteiger charge is 2.41. The molecule has 2 N–H and O–H groups in total. The maximum Gasteiger partial charge on any atom is 0.332 e. The lowest BCUT2D eigenvalue weighted by Gasteiger charge is -2.19. The van der Waals surface area contributed by atoms with Gasteiger partial charge >= 0.3 is 17.6 Å². The first-order chi connectivity index (χ1) is 14.8. The van der Waals surface area contributed by atoms with E-state index in [0.717, 1.165) is 5.56 Å². The van der Waals surface area contributed by atoms with E-state index in [-0.39, 0.29) is 24.6 Å². The first-order valence-corrected chi connectivity index (χ1v) is 10.5. The molecule has 11 nitrogen and oxygen atoms in total. The molecule has 0 unspecified atom stereocenters. The summed E-state index contributed by atoms with van der Waals surface area (Å²) in [5.41, 5.74) is 7.06. The van der Waals surface area contributed by atoms with Crippen LogP contribution in [0.1, 0.15) is 32.1 Å². The van der Waals surface area contributed by atoms with Crippen LogP contribution in [0.4, 0.5) is 5.95 Å². The van der Waals surface area contributed by atoms with Gasteiger partial charge in [-0.25, -0.2) is 14.3 Å². The second-order valence-electron chi connectivity index (χ2n) is 7.14. The van der Waals surface area contributed by atoms with E-state index in [0.29, 0.717) is 12.1 Å². The van der Waals surface area contributed by atoms with Gasteiger partial charge in [0.25, 0.3) is 0 Å². The number of hydrogen-bond donors (Lipinski definition) is 1. The second kappa shape index (κ2) is 8.47. The molecular formula is C19H21N5O6S. The zero-order valence-corrected chi connectivity index (χ0v) is 17.7. The highest BCUT2D eigenvalue weighted by Crippen LogP contribution is 2.33. The zero-order chi connectivity index (χ0) is 22.1. The van der Waals surface area contributed by atoms with Crippen molar-refractivity contribution in [3.8, 4) is 0 Å². The van der Waals surface area contributed by atoms with Crippen molar-refractivity contribution in [2.45, 2.75) is 45.2 Å². The number of carbonyl (C=O) groups is 2. The Morgan fingerprint density at radius 2 is 2.16 bits per heavy atom. The van der Waals surface area contributed by atoms with Gasteiger partial charge in [-0.05, 0) is 22.4 Å². The lowest BCUT2D eigenvalue weighted by Crippen LogP contribution is -2.33. The van der Waals surface area contributed by atoms with Crippen LogP contribution in [-0.4, -0.2) is 49.9 Å². The maximum atomic E-state index is 13.4. The number of thiophene rings is 1. The number of fused-ring (bicyclic) bond motifs is 1. The quantitative estimate of drug-likeness (QED) is 0.549. The molecule has 4 heterocycles. The number of carbonyl (C=O) groups excluding carboxylic acids is 2. The molecule has 0 saturated carbocycles. The molecule has 4 rings (SSSR count). The van der Waals surface area contributed by atoms with Crippen LogP contribution >= 0.6 is 11.3 Å². The normalized spacial score (nSPS) is 20.8. The highest BCUT2D eigenvalue weighted by atomic mass is 32.1. The number of rotatable bonds is 6. The molecule has 3 aromatic heterocycles. The monoisotopic (exact) mass is 447 g/mol. The van der Waals surface area contributed by atoms with Crippen molar-refractivity contribution in [3.05, 3.63) is 39.1 Å². The minimum absolute atomic E-state index is 0.00701. The van der Waals surface area contributed by atoms with E-state index >= 15 is 0 Å². The van der Waals surface area contributed by atoms with Gasteiger partial charge in [-0.3, -0.25) is 14.2 Å². The SMILES string of the molecule is CC(=O)OC[C@@H]1C[C@@H](OC(C)=O)[C@H](n2c(=O)n(Cc3ccsc3)c3cnc(N)nc32)O1. The van der Waals surface area contributed by atoms with Gasteiger partial charge in [-0.2, -0.15) is 16.3 Å². The summed E-state index contributed by atoms with van der Waals surface area (Å²) in [6.45, 7) is 2.85. The summed E-state index contributed by atoms with van der Waals surface area (Å²) in [6.07, 6.45) is -0.556. The molecule has 31 heavy (non-hydrogen) atoms. The zero-order valence-electron chi connectivity index (χ0n) is 16.9. The van der Waals surface area contributed by atoms with Gasteiger partial charge in [0.1, 0.15) is 18.2 Å². The van der Waals surface area contributed by atoms with Gasteiger partial charge in [-0.1, -0.05) is 0 Å². The number of nitrogen functional groups attached to an aromatic ring is 1. The Balaban J connectivity index is 1.78. The van der Waals surface area contributed by atoms with E-state index < -0.39 is 36.1 Å². The third-order valence-corrected chi connectivity index (χ3v) is 5.57. The van der Waals surface area contributed by atoms with Crippen molar-refractivity contribution in [1.29, 1.82) is 0 Å². The molecule has 3 aromatic rings. The fraction of sp³-hybridized carbons (Fsp3) is 0.421. The molecule has 1 aliphatic heterocycles. The van der Waals surface area contributed by atoms with E-state index in [1.165, 1.54) is 40.5 Å². The third kappa shape index (κ3) is 4.30. The first-order valence-electron chi connectivity index (χ1n) is 9.54. The Hall–Kier alpha value is -3.25. The number of hydrogen-bond acceptors (Lipinski definition) is 10. The maximum absolute atomic E-state index is 13.4. The average Bonchev–Trinajstić information content (AvgIpc) is 3.40. The van der Waals surface area contributed by atoms with E-state index in [4.69, 9.17) is 19.9 Å². The molecule has 0 spiro atoms. The molecule has 0 radical (unpaired) electrons. The summed E-state index contributed by atoms with van der Waals surface area (Å²) in [5, 5.41) is 3.86. The lowest BCUT2D eigenvalue weighted by atomic mass is 10.2. The summed E-state index contributed by atoms with van der Waals surface area (Å²) in [5.74, 6) is -0.982. The second-order valence-corrected chi connectivity index (χ2v) is 7.92. The smallest absolute Gasteiger partial charge is 0.332 e. The number of ether oxygens (including phenoxy) is 3. The minimum Gasteiger partial charge on any atom is -0.463 e. The number of nitrogens with zero attached hydrogens (tertiary/aromatic N) is 4. The van der Waals surface area contributed by atoms with Gasteiger partial charge in [0.15, 0.2) is 11.9 Å². The van der Waals surface area contributed by atoms with Crippen LogP contribution in [0, 0.1) is 0 Å². The average molecular weight is 447 g/mol. The molecule has 1 aliphatic rings. The van der Waals surface area contributed by atoms with E-state index in [1.807, 2.05) is 16.8 Å². The molecule has 0 bridgehead atoms. The van der Waals surface area contributed by atoms with Gasteiger partial charge < -0.3 is 19.9 Å². The largest absolute Gasteiger partial charge is 0.463 e. The number of nitrogens with two attached hydrogens (primary N) is 1. The summed E-state index contributed by atoms with van der Waals surface area (Å²) < 4.78 is 19.3. The predicted octanol–water partition coefficient (Wildman–Crippen LogP) is 1.07. The fourth-order valence-corrected chi connectivity index (χ4v) is 4.26. The number of aromatic nitrogens is 4. The van der Waals surface area contributed by atoms with E-state index in [9.17, 15) is 14.4 Å². The lowest BCUT2D eigenvalue weighted by molar-refractivity contribution is -0.153. The van der Waals surface area contributed by atoms with Crippen LogP contribution in [0.3, 0.4) is 0 Å². The standard InChI is InChI=1S/C19H21N5O6S/c1-10(25)28-8-13-5-15(29-11(2)26)17(30-13)24-16-14(6-21-18(20)22-16)23(19(24)27)7-12-3-4-31-9-12/h3-4,6,9,13,15,17H,5,7-8H2,1-2H3,(H2,20,21,22)/t13-,15+,17+/m0/s1. The van der Waals surface area contributed by atoms with Crippen LogP contribution in [0.15, 0.2) is 27.8 Å². The Labute approximate surface area is 180 Å². The summed E-state index contributed by atoms with van der Waals surface area (Å²) in [7, 11) is 0. The van der Waals surface area contributed by atoms with Crippen LogP contribution in [0.5, 0.6) is 0 Å². The predicted molar refractivity (Wildman–Crippen MR) is 110 cm³/mol. The van der Waals surface area contributed by atoms with Crippen LogP contribution in [0.2, 0.25) is 0 Å². The Morgan fingerprint density at radius 3 is 2.84 bits per heavy atom. The first kappa shape index (κ1) is 21.0. The van der Waals surface area contributed by atoms with Crippen molar-refractivity contribution in [3.63, 3.8) is 0 Å². The fourth-order valence-electron chi connectivity index (χ4n) is 3.60. The topological polar surface area (TPSA) is 141 Å². The van der Waals surface area contributed by atoms with Crippen molar-refractivity contribution in [1.82, 2.24) is 19.1 Å². The van der Waals surface area contributed by atoms with Crippen LogP contribution in [0.25, 0.3) is 11.2 Å².